The predicted molar refractivity (Wildman–Crippen MR) is 77.7 cm³/mol. The van der Waals surface area contributed by atoms with Crippen molar-refractivity contribution in [3.05, 3.63) is 0 Å². The summed E-state index contributed by atoms with van der Waals surface area (Å²) in [6.07, 6.45) is 0.736. The molecule has 0 saturated carbocycles. The molecule has 0 aromatic rings. The molecule has 0 aromatic heterocycles. The van der Waals surface area contributed by atoms with Crippen LogP contribution in [0.15, 0.2) is 0 Å². The van der Waals surface area contributed by atoms with Crippen molar-refractivity contribution in [3.63, 3.8) is 0 Å². The van der Waals surface area contributed by atoms with Gasteiger partial charge in [0.1, 0.15) is 17.2 Å². The van der Waals surface area contributed by atoms with Gasteiger partial charge in [-0.3, -0.25) is 9.59 Å². The van der Waals surface area contributed by atoms with E-state index < -0.39 is 17.2 Å². The maximum absolute atomic E-state index is 12.8. The summed E-state index contributed by atoms with van der Waals surface area (Å²) in [5.74, 6) is -0.120. The lowest BCUT2D eigenvalue weighted by Crippen LogP contribution is -2.71. The van der Waals surface area contributed by atoms with Crippen molar-refractivity contribution < 1.29 is 19.1 Å². The van der Waals surface area contributed by atoms with E-state index in [1.165, 1.54) is 0 Å². The third-order valence-corrected chi connectivity index (χ3v) is 4.43. The molecule has 0 bridgehead atoms. The molecule has 2 aliphatic rings. The number of carbonyl (C=O) groups is 2. The summed E-state index contributed by atoms with van der Waals surface area (Å²) in [6.45, 7) is 8.85. The summed E-state index contributed by atoms with van der Waals surface area (Å²) < 4.78 is 11.1. The van der Waals surface area contributed by atoms with E-state index in [0.717, 1.165) is 6.42 Å². The summed E-state index contributed by atoms with van der Waals surface area (Å²) >= 11 is 0. The number of amides is 2. The summed E-state index contributed by atoms with van der Waals surface area (Å²) in [7, 11) is 1.64. The Bertz CT molecular complexity index is 427. The first-order valence-corrected chi connectivity index (χ1v) is 7.48. The summed E-state index contributed by atoms with van der Waals surface area (Å²) in [5, 5.41) is 2.82. The second-order valence-corrected chi connectivity index (χ2v) is 6.93. The number of nitrogens with zero attached hydrogens (tertiary/aromatic N) is 1. The fraction of sp³-hybridized carbons (Fsp3) is 0.867. The molecule has 0 spiro atoms. The molecule has 21 heavy (non-hydrogen) atoms. The average molecular weight is 298 g/mol. The zero-order valence-corrected chi connectivity index (χ0v) is 13.6. The topological polar surface area (TPSA) is 67.9 Å². The van der Waals surface area contributed by atoms with Gasteiger partial charge in [0, 0.05) is 20.1 Å². The SMILES string of the molecule is COC1(CN2C(=O)C(C)(C)NC(=O)C2C(C)C)CCOC1. The number of rotatable bonds is 4. The maximum atomic E-state index is 12.8. The van der Waals surface area contributed by atoms with Crippen molar-refractivity contribution in [1.82, 2.24) is 10.2 Å². The van der Waals surface area contributed by atoms with Gasteiger partial charge in [-0.05, 0) is 19.8 Å². The Morgan fingerprint density at radius 1 is 1.43 bits per heavy atom. The first-order valence-electron chi connectivity index (χ1n) is 7.48. The molecule has 2 unspecified atom stereocenters. The van der Waals surface area contributed by atoms with Gasteiger partial charge in [-0.15, -0.1) is 0 Å². The molecule has 1 N–H and O–H groups in total. The van der Waals surface area contributed by atoms with E-state index in [4.69, 9.17) is 9.47 Å². The van der Waals surface area contributed by atoms with Crippen molar-refractivity contribution in [1.29, 1.82) is 0 Å². The highest BCUT2D eigenvalue weighted by atomic mass is 16.5. The van der Waals surface area contributed by atoms with E-state index in [2.05, 4.69) is 5.32 Å². The second kappa shape index (κ2) is 5.57. The molecule has 120 valence electrons. The third-order valence-electron chi connectivity index (χ3n) is 4.43. The van der Waals surface area contributed by atoms with Crippen LogP contribution < -0.4 is 5.32 Å². The van der Waals surface area contributed by atoms with Crippen LogP contribution in [-0.2, 0) is 19.1 Å². The molecule has 6 nitrogen and oxygen atoms in total. The van der Waals surface area contributed by atoms with Gasteiger partial charge in [0.05, 0.1) is 13.2 Å². The van der Waals surface area contributed by atoms with Crippen molar-refractivity contribution in [2.45, 2.75) is 51.3 Å². The Balaban J connectivity index is 2.30. The number of hydrogen-bond acceptors (Lipinski definition) is 4. The fourth-order valence-corrected chi connectivity index (χ4v) is 3.14. The first-order chi connectivity index (χ1) is 9.72. The lowest BCUT2D eigenvalue weighted by atomic mass is 9.89. The number of hydrogen-bond donors (Lipinski definition) is 1. The van der Waals surface area contributed by atoms with Crippen molar-refractivity contribution in [2.24, 2.45) is 5.92 Å². The molecule has 2 saturated heterocycles. The Morgan fingerprint density at radius 2 is 2.10 bits per heavy atom. The third kappa shape index (κ3) is 2.92. The molecule has 2 amide bonds. The van der Waals surface area contributed by atoms with E-state index in [1.807, 2.05) is 13.8 Å². The fourth-order valence-electron chi connectivity index (χ4n) is 3.14. The number of methoxy groups -OCH3 is 1. The predicted octanol–water partition coefficient (Wildman–Crippen LogP) is 0.554. The summed E-state index contributed by atoms with van der Waals surface area (Å²) in [6, 6.07) is -0.460. The quantitative estimate of drug-likeness (QED) is 0.823. The van der Waals surface area contributed by atoms with E-state index in [0.29, 0.717) is 19.8 Å². The number of ether oxygens (including phenoxy) is 2. The number of nitrogens with one attached hydrogen (secondary N) is 1. The minimum Gasteiger partial charge on any atom is -0.378 e. The molecule has 0 aromatic carbocycles. The molecule has 0 radical (unpaired) electrons. The van der Waals surface area contributed by atoms with Crippen LogP contribution in [-0.4, -0.2) is 60.8 Å². The molecule has 2 rings (SSSR count). The highest BCUT2D eigenvalue weighted by Gasteiger charge is 2.49. The lowest BCUT2D eigenvalue weighted by Gasteiger charge is -2.46. The van der Waals surface area contributed by atoms with E-state index >= 15 is 0 Å². The molecule has 2 atom stereocenters. The molecule has 2 fully saturated rings. The van der Waals surface area contributed by atoms with Gasteiger partial charge in [-0.1, -0.05) is 13.8 Å². The summed E-state index contributed by atoms with van der Waals surface area (Å²) in [5.41, 5.74) is -1.38. The molecule has 6 heteroatoms. The van der Waals surface area contributed by atoms with E-state index in [1.54, 1.807) is 25.9 Å². The first kappa shape index (κ1) is 16.2. The van der Waals surface area contributed by atoms with Gasteiger partial charge in [0.2, 0.25) is 11.8 Å². The van der Waals surface area contributed by atoms with Gasteiger partial charge in [-0.2, -0.15) is 0 Å². The number of piperazine rings is 1. The Labute approximate surface area is 126 Å². The Hall–Kier alpha value is -1.14. The minimum absolute atomic E-state index is 0.0428. The van der Waals surface area contributed by atoms with Crippen LogP contribution in [0.5, 0.6) is 0 Å². The maximum Gasteiger partial charge on any atom is 0.248 e. The van der Waals surface area contributed by atoms with Gasteiger partial charge in [0.25, 0.3) is 0 Å². The van der Waals surface area contributed by atoms with Gasteiger partial charge >= 0.3 is 0 Å². The number of carbonyl (C=O) groups excluding carboxylic acids is 2. The van der Waals surface area contributed by atoms with Crippen LogP contribution in [0.3, 0.4) is 0 Å². The van der Waals surface area contributed by atoms with Gasteiger partial charge in [0.15, 0.2) is 0 Å². The van der Waals surface area contributed by atoms with Gasteiger partial charge < -0.3 is 19.7 Å². The molecular formula is C15H26N2O4. The molecule has 2 aliphatic heterocycles. The highest BCUT2D eigenvalue weighted by Crippen LogP contribution is 2.29. The van der Waals surface area contributed by atoms with E-state index in [9.17, 15) is 9.59 Å². The zero-order valence-electron chi connectivity index (χ0n) is 13.6. The van der Waals surface area contributed by atoms with E-state index in [-0.39, 0.29) is 17.7 Å². The van der Waals surface area contributed by atoms with Crippen LogP contribution in [0.1, 0.15) is 34.1 Å². The monoisotopic (exact) mass is 298 g/mol. The van der Waals surface area contributed by atoms with Crippen LogP contribution in [0.25, 0.3) is 0 Å². The lowest BCUT2D eigenvalue weighted by molar-refractivity contribution is -0.160. The van der Waals surface area contributed by atoms with Crippen molar-refractivity contribution >= 4 is 11.8 Å². The van der Waals surface area contributed by atoms with Crippen LogP contribution in [0.2, 0.25) is 0 Å². The summed E-state index contributed by atoms with van der Waals surface area (Å²) in [4.78, 5) is 26.8. The zero-order chi connectivity index (χ0) is 15.8. The molecular weight excluding hydrogens is 272 g/mol. The van der Waals surface area contributed by atoms with Crippen molar-refractivity contribution in [3.8, 4) is 0 Å². The standard InChI is InChI=1S/C15H26N2O4/c1-10(2)11-12(18)16-14(3,4)13(19)17(11)8-15(20-5)6-7-21-9-15/h10-11H,6-9H2,1-5H3,(H,16,18). The Kier molecular flexibility index (Phi) is 4.31. The second-order valence-electron chi connectivity index (χ2n) is 6.93. The van der Waals surface area contributed by atoms with Crippen LogP contribution in [0, 0.1) is 5.92 Å². The normalized spacial score (nSPS) is 32.7. The molecule has 2 heterocycles. The highest BCUT2D eigenvalue weighted by molar-refractivity contribution is 5.99. The van der Waals surface area contributed by atoms with Crippen LogP contribution >= 0.6 is 0 Å². The van der Waals surface area contributed by atoms with Crippen LogP contribution in [0.4, 0.5) is 0 Å². The Morgan fingerprint density at radius 3 is 2.57 bits per heavy atom. The smallest absolute Gasteiger partial charge is 0.248 e. The largest absolute Gasteiger partial charge is 0.378 e. The average Bonchev–Trinajstić information content (AvgIpc) is 2.84. The van der Waals surface area contributed by atoms with Gasteiger partial charge in [-0.25, -0.2) is 0 Å². The molecule has 0 aliphatic carbocycles. The van der Waals surface area contributed by atoms with Crippen molar-refractivity contribution in [2.75, 3.05) is 26.9 Å². The minimum atomic E-state index is -0.878.